The summed E-state index contributed by atoms with van der Waals surface area (Å²) in [6.07, 6.45) is -9.72. The van der Waals surface area contributed by atoms with Gasteiger partial charge in [0.1, 0.15) is 6.04 Å². The normalized spacial score (nSPS) is 14.1. The number of hydrogen-bond donors (Lipinski definition) is 1. The molecule has 18 heavy (non-hydrogen) atoms. The number of rotatable bonds is 1. The third-order valence-corrected chi connectivity index (χ3v) is 2.12. The summed E-state index contributed by atoms with van der Waals surface area (Å²) in [4.78, 5) is 0. The lowest BCUT2D eigenvalue weighted by Crippen LogP contribution is -2.28. The minimum atomic E-state index is -4.88. The monoisotopic (exact) mass is 268 g/mol. The fourth-order valence-corrected chi connectivity index (χ4v) is 1.25. The lowest BCUT2D eigenvalue weighted by atomic mass is 10.0. The van der Waals surface area contributed by atoms with Crippen molar-refractivity contribution in [1.82, 2.24) is 0 Å². The van der Waals surface area contributed by atoms with Gasteiger partial charge in [-0.15, -0.1) is 0 Å². The van der Waals surface area contributed by atoms with Crippen LogP contribution in [-0.2, 0) is 6.18 Å². The minimum absolute atomic E-state index is 0.291. The Morgan fingerprint density at radius 3 is 2.00 bits per heavy atom. The summed E-state index contributed by atoms with van der Waals surface area (Å²) in [5.41, 5.74) is 2.14. The number of hydrogen-bond acceptors (Lipinski definition) is 2. The van der Waals surface area contributed by atoms with Gasteiger partial charge in [-0.2, -0.15) is 31.6 Å². The molecule has 0 radical (unpaired) electrons. The predicted octanol–water partition coefficient (Wildman–Crippen LogP) is 3.14. The molecule has 2 nitrogen and oxygen atoms in total. The van der Waals surface area contributed by atoms with Crippen molar-refractivity contribution in [2.45, 2.75) is 18.4 Å². The lowest BCUT2D eigenvalue weighted by molar-refractivity contribution is -0.150. The van der Waals surface area contributed by atoms with Crippen molar-refractivity contribution in [3.8, 4) is 6.07 Å². The minimum Gasteiger partial charge on any atom is -0.316 e. The van der Waals surface area contributed by atoms with Crippen molar-refractivity contribution in [2.75, 3.05) is 0 Å². The second-order valence-electron chi connectivity index (χ2n) is 3.47. The van der Waals surface area contributed by atoms with E-state index in [1.54, 1.807) is 0 Å². The lowest BCUT2D eigenvalue weighted by Gasteiger charge is -2.17. The van der Waals surface area contributed by atoms with Crippen LogP contribution in [0.5, 0.6) is 0 Å². The van der Waals surface area contributed by atoms with Crippen molar-refractivity contribution < 1.29 is 26.3 Å². The standard InChI is InChI=1S/C10H6F6N2/c11-9(12,13)7-2-5(4-17)1-6(3-7)8(18)10(14,15)16/h1-3,8H,18H2/t8-/m1/s1. The maximum Gasteiger partial charge on any atom is 0.416 e. The highest BCUT2D eigenvalue weighted by molar-refractivity contribution is 5.40. The van der Waals surface area contributed by atoms with Crippen LogP contribution in [0.15, 0.2) is 18.2 Å². The van der Waals surface area contributed by atoms with Crippen LogP contribution in [0.4, 0.5) is 26.3 Å². The summed E-state index contributed by atoms with van der Waals surface area (Å²) in [5.74, 6) is 0. The van der Waals surface area contributed by atoms with Crippen LogP contribution in [0.25, 0.3) is 0 Å². The van der Waals surface area contributed by atoms with Crippen LogP contribution in [0.1, 0.15) is 22.7 Å². The Hall–Kier alpha value is -1.75. The number of nitrogens with zero attached hydrogens (tertiary/aromatic N) is 1. The smallest absolute Gasteiger partial charge is 0.316 e. The summed E-state index contributed by atoms with van der Waals surface area (Å²) >= 11 is 0. The number of nitrogens with two attached hydrogens (primary N) is 1. The van der Waals surface area contributed by atoms with Gasteiger partial charge >= 0.3 is 12.4 Å². The zero-order chi connectivity index (χ0) is 14.1. The van der Waals surface area contributed by atoms with Gasteiger partial charge < -0.3 is 5.73 Å². The van der Waals surface area contributed by atoms with Crippen molar-refractivity contribution in [3.63, 3.8) is 0 Å². The Kier molecular flexibility index (Phi) is 3.57. The second-order valence-corrected chi connectivity index (χ2v) is 3.47. The average molecular weight is 268 g/mol. The SMILES string of the molecule is N#Cc1cc([C@@H](N)C(F)(F)F)cc(C(F)(F)F)c1. The van der Waals surface area contributed by atoms with Crippen molar-refractivity contribution in [1.29, 1.82) is 5.26 Å². The molecule has 1 aromatic rings. The molecular weight excluding hydrogens is 262 g/mol. The van der Waals surface area contributed by atoms with Crippen LogP contribution in [0.3, 0.4) is 0 Å². The molecule has 1 atom stereocenters. The Labute approximate surface area is 97.6 Å². The van der Waals surface area contributed by atoms with Gasteiger partial charge in [0.25, 0.3) is 0 Å². The van der Waals surface area contributed by atoms with E-state index >= 15 is 0 Å². The summed E-state index contributed by atoms with van der Waals surface area (Å²) < 4.78 is 74.2. The van der Waals surface area contributed by atoms with E-state index in [1.165, 1.54) is 6.07 Å². The third kappa shape index (κ3) is 3.13. The first-order chi connectivity index (χ1) is 8.05. The highest BCUT2D eigenvalue weighted by atomic mass is 19.4. The number of alkyl halides is 6. The Bertz CT molecular complexity index is 483. The molecule has 0 saturated heterocycles. The molecule has 0 aliphatic heterocycles. The largest absolute Gasteiger partial charge is 0.416 e. The number of benzene rings is 1. The number of nitriles is 1. The molecule has 0 aromatic heterocycles. The summed E-state index contributed by atoms with van der Waals surface area (Å²) in [6, 6.07) is 0.244. The topological polar surface area (TPSA) is 49.8 Å². The van der Waals surface area contributed by atoms with Gasteiger partial charge in [0.2, 0.25) is 0 Å². The van der Waals surface area contributed by atoms with Crippen molar-refractivity contribution in [2.24, 2.45) is 5.73 Å². The van der Waals surface area contributed by atoms with E-state index in [0.29, 0.717) is 18.2 Å². The highest BCUT2D eigenvalue weighted by Crippen LogP contribution is 2.35. The van der Waals surface area contributed by atoms with Gasteiger partial charge in [0.05, 0.1) is 17.2 Å². The molecule has 0 aliphatic rings. The van der Waals surface area contributed by atoms with E-state index in [9.17, 15) is 26.3 Å². The molecule has 0 aliphatic carbocycles. The van der Waals surface area contributed by atoms with Crippen LogP contribution in [0, 0.1) is 11.3 Å². The van der Waals surface area contributed by atoms with Gasteiger partial charge in [-0.3, -0.25) is 0 Å². The Morgan fingerprint density at radius 1 is 1.06 bits per heavy atom. The fourth-order valence-electron chi connectivity index (χ4n) is 1.25. The molecule has 0 heterocycles. The van der Waals surface area contributed by atoms with E-state index in [2.05, 4.69) is 0 Å². The Morgan fingerprint density at radius 2 is 1.61 bits per heavy atom. The quantitative estimate of drug-likeness (QED) is 0.795. The van der Waals surface area contributed by atoms with Crippen molar-refractivity contribution in [3.05, 3.63) is 34.9 Å². The zero-order valence-corrected chi connectivity index (χ0v) is 8.60. The summed E-state index contributed by atoms with van der Waals surface area (Å²) in [5, 5.41) is 8.50. The third-order valence-electron chi connectivity index (χ3n) is 2.12. The van der Waals surface area contributed by atoms with E-state index in [0.717, 1.165) is 0 Å². The van der Waals surface area contributed by atoms with Crippen LogP contribution < -0.4 is 5.73 Å². The van der Waals surface area contributed by atoms with Crippen LogP contribution in [0.2, 0.25) is 0 Å². The van der Waals surface area contributed by atoms with E-state index < -0.39 is 35.1 Å². The molecule has 1 rings (SSSR count). The zero-order valence-electron chi connectivity index (χ0n) is 8.60. The predicted molar refractivity (Wildman–Crippen MR) is 49.1 cm³/mol. The number of halogens is 6. The molecule has 0 unspecified atom stereocenters. The highest BCUT2D eigenvalue weighted by Gasteiger charge is 2.39. The van der Waals surface area contributed by atoms with E-state index in [1.807, 2.05) is 0 Å². The molecule has 2 N–H and O–H groups in total. The molecule has 0 fully saturated rings. The Balaban J connectivity index is 3.35. The average Bonchev–Trinajstić information content (AvgIpc) is 2.25. The second kappa shape index (κ2) is 4.49. The molecule has 0 spiro atoms. The van der Waals surface area contributed by atoms with E-state index in [-0.39, 0.29) is 0 Å². The van der Waals surface area contributed by atoms with Gasteiger partial charge in [-0.25, -0.2) is 0 Å². The first-order valence-electron chi connectivity index (χ1n) is 4.50. The molecule has 0 amide bonds. The van der Waals surface area contributed by atoms with Gasteiger partial charge in [-0.1, -0.05) is 0 Å². The van der Waals surface area contributed by atoms with Crippen LogP contribution in [-0.4, -0.2) is 6.18 Å². The maximum absolute atomic E-state index is 12.4. The molecule has 0 saturated carbocycles. The first-order valence-corrected chi connectivity index (χ1v) is 4.50. The van der Waals surface area contributed by atoms with Gasteiger partial charge in [0, 0.05) is 0 Å². The summed E-state index contributed by atoms with van der Waals surface area (Å²) in [6.45, 7) is 0. The van der Waals surface area contributed by atoms with Crippen molar-refractivity contribution >= 4 is 0 Å². The first kappa shape index (κ1) is 14.3. The van der Waals surface area contributed by atoms with Gasteiger partial charge in [-0.05, 0) is 23.8 Å². The summed E-state index contributed by atoms with van der Waals surface area (Å²) in [7, 11) is 0. The molecule has 0 bridgehead atoms. The van der Waals surface area contributed by atoms with Gasteiger partial charge in [0.15, 0.2) is 0 Å². The van der Waals surface area contributed by atoms with Crippen LogP contribution >= 0.6 is 0 Å². The maximum atomic E-state index is 12.4. The molecule has 98 valence electrons. The van der Waals surface area contributed by atoms with E-state index in [4.69, 9.17) is 11.0 Å². The fraction of sp³-hybridized carbons (Fsp3) is 0.300. The molecule has 8 heteroatoms. The molecular formula is C10H6F6N2. The molecule has 1 aromatic carbocycles.